The number of aliphatic carboxylic acids is 1. The highest BCUT2D eigenvalue weighted by Crippen LogP contribution is 2.43. The molecule has 218 valence electrons. The van der Waals surface area contributed by atoms with Gasteiger partial charge in [-0.15, -0.1) is 0 Å². The molecule has 0 radical (unpaired) electrons. The van der Waals surface area contributed by atoms with Gasteiger partial charge in [0.2, 0.25) is 12.7 Å². The molecular weight excluding hydrogens is 502 g/mol. The molecule has 3 heterocycles. The van der Waals surface area contributed by atoms with Gasteiger partial charge in [-0.25, -0.2) is 0 Å². The quantitative estimate of drug-likeness (QED) is 0.355. The Hall–Kier alpha value is -2.40. The number of carboxylic acid groups (broad SMARTS) is 1. The van der Waals surface area contributed by atoms with Crippen molar-refractivity contribution in [2.45, 2.75) is 57.3 Å². The molecule has 10 nitrogen and oxygen atoms in total. The molecule has 3 aliphatic rings. The zero-order chi connectivity index (χ0) is 28.0. The predicted octanol–water partition coefficient (Wildman–Crippen LogP) is 2.76. The van der Waals surface area contributed by atoms with Crippen LogP contribution in [0.25, 0.3) is 0 Å². The first kappa shape index (κ1) is 29.6. The van der Waals surface area contributed by atoms with E-state index in [2.05, 4.69) is 33.0 Å². The van der Waals surface area contributed by atoms with Gasteiger partial charge in [0, 0.05) is 38.0 Å². The number of carbonyl (C=O) groups is 2. The van der Waals surface area contributed by atoms with E-state index in [1.165, 1.54) is 0 Å². The number of rotatable bonds is 14. The number of ether oxygens (including phenoxy) is 4. The highest BCUT2D eigenvalue weighted by atomic mass is 16.7. The molecule has 1 aromatic carbocycles. The Morgan fingerprint density at radius 2 is 1.77 bits per heavy atom. The molecule has 3 atom stereocenters. The molecule has 39 heavy (non-hydrogen) atoms. The first-order chi connectivity index (χ1) is 18.7. The van der Waals surface area contributed by atoms with Gasteiger partial charge >= 0.3 is 5.97 Å². The summed E-state index contributed by atoms with van der Waals surface area (Å²) in [7, 11) is 6.48. The summed E-state index contributed by atoms with van der Waals surface area (Å²) in [5.41, 5.74) is 0.894. The van der Waals surface area contributed by atoms with Crippen molar-refractivity contribution < 1.29 is 38.1 Å². The molecule has 0 aliphatic carbocycles. The van der Waals surface area contributed by atoms with Crippen LogP contribution in [0.5, 0.6) is 11.5 Å². The molecule has 0 bridgehead atoms. The third-order valence-electron chi connectivity index (χ3n) is 7.98. The number of benzene rings is 1. The number of likely N-dealkylation sites (tertiary alicyclic amines) is 1. The molecule has 1 N–H and O–H groups in total. The summed E-state index contributed by atoms with van der Waals surface area (Å²) in [6.45, 7) is 6.52. The minimum atomic E-state index is -0.850. The van der Waals surface area contributed by atoms with Crippen LogP contribution in [0.1, 0.15) is 50.5 Å². The number of quaternary nitrogens is 1. The molecule has 2 saturated heterocycles. The minimum Gasteiger partial charge on any atom is -0.481 e. The Kier molecular flexibility index (Phi) is 10.1. The van der Waals surface area contributed by atoms with E-state index in [1.807, 2.05) is 23.1 Å². The zero-order valence-corrected chi connectivity index (χ0v) is 24.0. The van der Waals surface area contributed by atoms with E-state index in [0.29, 0.717) is 50.6 Å². The lowest BCUT2D eigenvalue weighted by Crippen LogP contribution is -2.45. The Morgan fingerprint density at radius 1 is 1.05 bits per heavy atom. The first-order valence-corrected chi connectivity index (χ1v) is 14.3. The van der Waals surface area contributed by atoms with Crippen LogP contribution in [-0.2, 0) is 19.1 Å². The smallest absolute Gasteiger partial charge is 0.308 e. The number of carbonyl (C=O) groups excluding carboxylic acids is 1. The number of amides is 1. The second kappa shape index (κ2) is 13.3. The third-order valence-corrected chi connectivity index (χ3v) is 7.98. The summed E-state index contributed by atoms with van der Waals surface area (Å²) in [4.78, 5) is 30.5. The standard InChI is InChI=1S/C29H45N3O7/c1-5-6-12-30(13-7-14-32(2,3)4)26(33)19-31-18-22(21-8-10-24-25(17-21)39-20-38-24)28(29(34)35)23(31)9-11-27-36-15-16-37-27/h8,10,17,22-23,27-28H,5-7,9,11-16,18-20H2,1-4H3/p+1. The van der Waals surface area contributed by atoms with Crippen molar-refractivity contribution in [2.24, 2.45) is 5.92 Å². The first-order valence-electron chi connectivity index (χ1n) is 14.3. The van der Waals surface area contributed by atoms with Crippen molar-refractivity contribution in [2.75, 3.05) is 73.9 Å². The molecule has 10 heteroatoms. The van der Waals surface area contributed by atoms with Crippen molar-refractivity contribution in [3.05, 3.63) is 23.8 Å². The van der Waals surface area contributed by atoms with Gasteiger partial charge < -0.3 is 33.4 Å². The fraction of sp³-hybridized carbons (Fsp3) is 0.724. The molecule has 3 unspecified atom stereocenters. The van der Waals surface area contributed by atoms with E-state index in [-0.39, 0.29) is 37.5 Å². The summed E-state index contributed by atoms with van der Waals surface area (Å²) >= 11 is 0. The Labute approximate surface area is 232 Å². The topological polar surface area (TPSA) is 97.8 Å². The van der Waals surface area contributed by atoms with Gasteiger partial charge in [-0.3, -0.25) is 14.5 Å². The van der Waals surface area contributed by atoms with Crippen LogP contribution < -0.4 is 9.47 Å². The molecule has 0 aromatic heterocycles. The summed E-state index contributed by atoms with van der Waals surface area (Å²) in [6, 6.07) is 5.36. The fourth-order valence-electron chi connectivity index (χ4n) is 5.93. The third kappa shape index (κ3) is 7.84. The fourth-order valence-corrected chi connectivity index (χ4v) is 5.93. The Morgan fingerprint density at radius 3 is 2.46 bits per heavy atom. The SMILES string of the molecule is CCCCN(CCC[N+](C)(C)C)C(=O)CN1CC(c2ccc3c(c2)OCO3)C(C(=O)O)C1CCC1OCCO1. The van der Waals surface area contributed by atoms with E-state index < -0.39 is 11.9 Å². The van der Waals surface area contributed by atoms with E-state index in [1.54, 1.807) is 0 Å². The number of carboxylic acids is 1. The van der Waals surface area contributed by atoms with E-state index in [9.17, 15) is 14.7 Å². The second-order valence-electron chi connectivity index (χ2n) is 11.9. The largest absolute Gasteiger partial charge is 0.481 e. The minimum absolute atomic E-state index is 0.0682. The van der Waals surface area contributed by atoms with Gasteiger partial charge in [0.05, 0.1) is 53.4 Å². The van der Waals surface area contributed by atoms with Gasteiger partial charge in [0.25, 0.3) is 0 Å². The summed E-state index contributed by atoms with van der Waals surface area (Å²) in [5, 5.41) is 10.4. The van der Waals surface area contributed by atoms with Gasteiger partial charge in [0.1, 0.15) is 0 Å². The lowest BCUT2D eigenvalue weighted by atomic mass is 9.83. The molecule has 3 aliphatic heterocycles. The Bertz CT molecular complexity index is 976. The average molecular weight is 549 g/mol. The number of hydrogen-bond acceptors (Lipinski definition) is 7. The molecule has 4 rings (SSSR count). The average Bonchev–Trinajstić information content (AvgIpc) is 3.63. The monoisotopic (exact) mass is 548 g/mol. The van der Waals surface area contributed by atoms with E-state index >= 15 is 0 Å². The van der Waals surface area contributed by atoms with E-state index in [0.717, 1.165) is 42.4 Å². The lowest BCUT2D eigenvalue weighted by molar-refractivity contribution is -0.870. The number of fused-ring (bicyclic) bond motifs is 1. The van der Waals surface area contributed by atoms with Crippen molar-refractivity contribution in [1.29, 1.82) is 0 Å². The van der Waals surface area contributed by atoms with Crippen LogP contribution in [0.3, 0.4) is 0 Å². The lowest BCUT2D eigenvalue weighted by Gasteiger charge is -2.31. The van der Waals surface area contributed by atoms with Crippen LogP contribution in [-0.4, -0.2) is 117 Å². The summed E-state index contributed by atoms with van der Waals surface area (Å²) < 4.78 is 23.2. The van der Waals surface area contributed by atoms with Crippen LogP contribution >= 0.6 is 0 Å². The van der Waals surface area contributed by atoms with Gasteiger partial charge in [-0.2, -0.15) is 0 Å². The van der Waals surface area contributed by atoms with Crippen LogP contribution in [0.15, 0.2) is 18.2 Å². The maximum Gasteiger partial charge on any atom is 0.308 e. The second-order valence-corrected chi connectivity index (χ2v) is 11.9. The van der Waals surface area contributed by atoms with Crippen molar-refractivity contribution in [3.63, 3.8) is 0 Å². The van der Waals surface area contributed by atoms with Crippen LogP contribution in [0.4, 0.5) is 0 Å². The van der Waals surface area contributed by atoms with E-state index in [4.69, 9.17) is 18.9 Å². The molecule has 1 aromatic rings. The summed E-state index contributed by atoms with van der Waals surface area (Å²) in [6.07, 6.45) is 3.74. The summed E-state index contributed by atoms with van der Waals surface area (Å²) in [5.74, 6) is -0.415. The maximum absolute atomic E-state index is 13.7. The zero-order valence-electron chi connectivity index (χ0n) is 24.0. The molecular formula is C29H46N3O7+. The predicted molar refractivity (Wildman–Crippen MR) is 146 cm³/mol. The molecule has 0 saturated carbocycles. The van der Waals surface area contributed by atoms with Gasteiger partial charge in [0.15, 0.2) is 17.8 Å². The molecule has 1 amide bonds. The number of hydrogen-bond donors (Lipinski definition) is 1. The van der Waals surface area contributed by atoms with Crippen molar-refractivity contribution >= 4 is 11.9 Å². The molecule has 2 fully saturated rings. The Balaban J connectivity index is 1.53. The highest BCUT2D eigenvalue weighted by molar-refractivity contribution is 5.79. The normalized spacial score (nSPS) is 23.4. The highest BCUT2D eigenvalue weighted by Gasteiger charge is 2.47. The van der Waals surface area contributed by atoms with Gasteiger partial charge in [-0.1, -0.05) is 19.4 Å². The van der Waals surface area contributed by atoms with Gasteiger partial charge in [-0.05, 0) is 37.0 Å². The maximum atomic E-state index is 13.7. The number of unbranched alkanes of at least 4 members (excludes halogenated alkanes) is 1. The van der Waals surface area contributed by atoms with Crippen molar-refractivity contribution in [3.8, 4) is 11.5 Å². The van der Waals surface area contributed by atoms with Crippen LogP contribution in [0, 0.1) is 5.92 Å². The number of nitrogens with zero attached hydrogens (tertiary/aromatic N) is 3. The van der Waals surface area contributed by atoms with Crippen molar-refractivity contribution in [1.82, 2.24) is 9.80 Å². The van der Waals surface area contributed by atoms with Crippen LogP contribution in [0.2, 0.25) is 0 Å². The molecule has 0 spiro atoms.